The van der Waals surface area contributed by atoms with Crippen molar-refractivity contribution in [1.82, 2.24) is 0 Å². The third-order valence-electron chi connectivity index (χ3n) is 4.17. The predicted molar refractivity (Wildman–Crippen MR) is 100 cm³/mol. The van der Waals surface area contributed by atoms with Crippen molar-refractivity contribution < 1.29 is 18.8 Å². The van der Waals surface area contributed by atoms with E-state index in [2.05, 4.69) is 12.1 Å². The Morgan fingerprint density at radius 2 is 1.88 bits per heavy atom. The number of ether oxygens (including phenoxy) is 1. The highest BCUT2D eigenvalue weighted by Gasteiger charge is 2.27. The van der Waals surface area contributed by atoms with Crippen molar-refractivity contribution in [3.05, 3.63) is 59.6 Å². The van der Waals surface area contributed by atoms with Crippen LogP contribution in [0.5, 0.6) is 5.75 Å². The zero-order valence-corrected chi connectivity index (χ0v) is 14.9. The number of hydrogen-bond donors (Lipinski definition) is 0. The lowest BCUT2D eigenvalue weighted by Gasteiger charge is -2.07. The normalized spacial score (nSPS) is 15.2. The number of hydrogen-bond acceptors (Lipinski definition) is 5. The summed E-state index contributed by atoms with van der Waals surface area (Å²) in [6, 6.07) is 11.1. The molecule has 0 aliphatic carbocycles. The van der Waals surface area contributed by atoms with Crippen molar-refractivity contribution >= 4 is 17.8 Å². The van der Waals surface area contributed by atoms with Gasteiger partial charge in [-0.05, 0) is 48.9 Å². The van der Waals surface area contributed by atoms with Crippen LogP contribution < -0.4 is 4.74 Å². The number of oxime groups is 1. The Bertz CT molecular complexity index is 773. The molecule has 5 heteroatoms. The van der Waals surface area contributed by atoms with E-state index in [0.717, 1.165) is 24.3 Å². The molecule has 0 saturated heterocycles. The second kappa shape index (κ2) is 9.04. The Balaban J connectivity index is 1.60. The van der Waals surface area contributed by atoms with E-state index >= 15 is 0 Å². The molecule has 1 aliphatic rings. The van der Waals surface area contributed by atoms with Crippen LogP contribution in [0.25, 0.3) is 6.08 Å². The fourth-order valence-electron chi connectivity index (χ4n) is 2.74. The molecular formula is C21H23NO4. The first-order chi connectivity index (χ1) is 12.8. The van der Waals surface area contributed by atoms with E-state index in [1.54, 1.807) is 24.5 Å². The third kappa shape index (κ3) is 4.63. The van der Waals surface area contributed by atoms with Gasteiger partial charge < -0.3 is 14.0 Å². The lowest BCUT2D eigenvalue weighted by Crippen LogP contribution is -2.07. The maximum Gasteiger partial charge on any atom is 0.368 e. The van der Waals surface area contributed by atoms with Gasteiger partial charge in [-0.2, -0.15) is 0 Å². The smallest absolute Gasteiger partial charge is 0.368 e. The molecule has 26 heavy (non-hydrogen) atoms. The topological polar surface area (TPSA) is 61.0 Å². The van der Waals surface area contributed by atoms with Crippen LogP contribution in [0, 0.1) is 0 Å². The molecule has 5 nitrogen and oxygen atoms in total. The fraction of sp³-hybridized carbons (Fsp3) is 0.333. The molecule has 2 aromatic rings. The van der Waals surface area contributed by atoms with Crippen LogP contribution in [0.1, 0.15) is 50.4 Å². The maximum absolute atomic E-state index is 11.9. The molecule has 0 spiro atoms. The van der Waals surface area contributed by atoms with Gasteiger partial charge in [-0.25, -0.2) is 4.79 Å². The zero-order chi connectivity index (χ0) is 18.2. The second-order valence-electron chi connectivity index (χ2n) is 6.18. The van der Waals surface area contributed by atoms with Crippen LogP contribution in [0.3, 0.4) is 0 Å². The largest absolute Gasteiger partial charge is 0.494 e. The van der Waals surface area contributed by atoms with Crippen molar-refractivity contribution in [2.75, 3.05) is 6.61 Å². The Kier molecular flexibility index (Phi) is 6.25. The van der Waals surface area contributed by atoms with E-state index in [1.165, 1.54) is 25.7 Å². The molecule has 3 rings (SSSR count). The van der Waals surface area contributed by atoms with E-state index in [0.29, 0.717) is 17.0 Å². The van der Waals surface area contributed by atoms with Crippen LogP contribution >= 0.6 is 0 Å². The Hall–Kier alpha value is -2.82. The van der Waals surface area contributed by atoms with Crippen LogP contribution in [0.2, 0.25) is 0 Å². The Morgan fingerprint density at radius 3 is 2.62 bits per heavy atom. The first-order valence-electron chi connectivity index (χ1n) is 9.06. The van der Waals surface area contributed by atoms with Gasteiger partial charge in [0.2, 0.25) is 0 Å². The van der Waals surface area contributed by atoms with Gasteiger partial charge in [-0.3, -0.25) is 0 Å². The lowest BCUT2D eigenvalue weighted by molar-refractivity contribution is -0.136. The van der Waals surface area contributed by atoms with Gasteiger partial charge in [0.1, 0.15) is 17.2 Å². The number of carbonyl (C=O) groups is 1. The first-order valence-corrected chi connectivity index (χ1v) is 9.06. The lowest BCUT2D eigenvalue weighted by atomic mass is 10.0. The first kappa shape index (κ1) is 18.0. The van der Waals surface area contributed by atoms with Gasteiger partial charge in [0.15, 0.2) is 0 Å². The number of furan rings is 1. The standard InChI is InChI=1S/C21H23NO4/c1-2-3-4-5-6-13-24-17-11-9-16(10-12-17)20-19(21(23)26-22-20)15-18-8-7-14-25-18/h7-12,14-15H,2-6,13H2,1H3. The van der Waals surface area contributed by atoms with E-state index < -0.39 is 5.97 Å². The molecule has 136 valence electrons. The van der Waals surface area contributed by atoms with E-state index in [4.69, 9.17) is 14.0 Å². The second-order valence-corrected chi connectivity index (χ2v) is 6.18. The van der Waals surface area contributed by atoms with E-state index in [9.17, 15) is 4.79 Å². The third-order valence-corrected chi connectivity index (χ3v) is 4.17. The molecule has 0 atom stereocenters. The molecular weight excluding hydrogens is 330 g/mol. The van der Waals surface area contributed by atoms with Crippen molar-refractivity contribution in [2.45, 2.75) is 39.0 Å². The molecule has 1 aromatic heterocycles. The monoisotopic (exact) mass is 353 g/mol. The number of unbranched alkanes of at least 4 members (excludes halogenated alkanes) is 4. The zero-order valence-electron chi connectivity index (χ0n) is 14.9. The Labute approximate surface area is 153 Å². The van der Waals surface area contributed by atoms with Gasteiger partial charge in [0.25, 0.3) is 0 Å². The van der Waals surface area contributed by atoms with Crippen LogP contribution in [0.4, 0.5) is 0 Å². The molecule has 2 heterocycles. The van der Waals surface area contributed by atoms with Gasteiger partial charge in [0.05, 0.1) is 18.4 Å². The summed E-state index contributed by atoms with van der Waals surface area (Å²) >= 11 is 0. The molecule has 0 saturated carbocycles. The summed E-state index contributed by atoms with van der Waals surface area (Å²) in [5.74, 6) is 0.907. The van der Waals surface area contributed by atoms with Gasteiger partial charge in [-0.15, -0.1) is 0 Å². The molecule has 0 fully saturated rings. The van der Waals surface area contributed by atoms with Crippen LogP contribution in [-0.2, 0) is 9.63 Å². The van der Waals surface area contributed by atoms with Crippen LogP contribution in [0.15, 0.2) is 57.8 Å². The number of benzene rings is 1. The molecule has 0 amide bonds. The molecule has 0 unspecified atom stereocenters. The highest BCUT2D eigenvalue weighted by molar-refractivity contribution is 6.31. The van der Waals surface area contributed by atoms with Crippen molar-refractivity contribution in [1.29, 1.82) is 0 Å². The molecule has 1 aromatic carbocycles. The minimum atomic E-state index is -0.483. The van der Waals surface area contributed by atoms with E-state index in [1.807, 2.05) is 24.3 Å². The summed E-state index contributed by atoms with van der Waals surface area (Å²) in [5, 5.41) is 3.90. The highest BCUT2D eigenvalue weighted by atomic mass is 16.7. The number of carbonyl (C=O) groups excluding carboxylic acids is 1. The summed E-state index contributed by atoms with van der Waals surface area (Å²) in [6.45, 7) is 2.93. The number of rotatable bonds is 9. The number of nitrogens with zero attached hydrogens (tertiary/aromatic N) is 1. The molecule has 0 N–H and O–H groups in total. The van der Waals surface area contributed by atoms with Crippen molar-refractivity contribution in [3.63, 3.8) is 0 Å². The molecule has 0 radical (unpaired) electrons. The van der Waals surface area contributed by atoms with Crippen LogP contribution in [-0.4, -0.2) is 18.3 Å². The average Bonchev–Trinajstić information content (AvgIpc) is 3.30. The van der Waals surface area contributed by atoms with Gasteiger partial charge in [0, 0.05) is 5.56 Å². The van der Waals surface area contributed by atoms with Crippen molar-refractivity contribution in [3.8, 4) is 5.75 Å². The van der Waals surface area contributed by atoms with Gasteiger partial charge >= 0.3 is 5.97 Å². The minimum Gasteiger partial charge on any atom is -0.494 e. The SMILES string of the molecule is CCCCCCCOc1ccc(C2=NOC(=O)C2=Cc2ccco2)cc1. The Morgan fingerprint density at radius 1 is 1.08 bits per heavy atom. The average molecular weight is 353 g/mol. The van der Waals surface area contributed by atoms with E-state index in [-0.39, 0.29) is 0 Å². The molecule has 1 aliphatic heterocycles. The fourth-order valence-corrected chi connectivity index (χ4v) is 2.74. The summed E-state index contributed by atoms with van der Waals surface area (Å²) in [5.41, 5.74) is 1.67. The summed E-state index contributed by atoms with van der Waals surface area (Å²) in [4.78, 5) is 16.8. The van der Waals surface area contributed by atoms with Crippen molar-refractivity contribution in [2.24, 2.45) is 5.16 Å². The summed E-state index contributed by atoms with van der Waals surface area (Å²) in [7, 11) is 0. The predicted octanol–water partition coefficient (Wildman–Crippen LogP) is 4.97. The maximum atomic E-state index is 11.9. The summed E-state index contributed by atoms with van der Waals surface area (Å²) < 4.78 is 11.0. The quantitative estimate of drug-likeness (QED) is 0.363. The highest BCUT2D eigenvalue weighted by Crippen LogP contribution is 2.23. The summed E-state index contributed by atoms with van der Waals surface area (Å²) in [6.07, 6.45) is 9.24. The minimum absolute atomic E-state index is 0.379. The molecule has 0 bridgehead atoms. The van der Waals surface area contributed by atoms with Gasteiger partial charge in [-0.1, -0.05) is 37.8 Å².